The SMILES string of the molecule is COc1ccc(COC(CO)CO)cc1. The van der Waals surface area contributed by atoms with Gasteiger partial charge >= 0.3 is 0 Å². The van der Waals surface area contributed by atoms with E-state index in [1.165, 1.54) is 0 Å². The van der Waals surface area contributed by atoms with Gasteiger partial charge in [0.1, 0.15) is 11.9 Å². The zero-order chi connectivity index (χ0) is 11.1. The van der Waals surface area contributed by atoms with Gasteiger partial charge in [-0.15, -0.1) is 0 Å². The summed E-state index contributed by atoms with van der Waals surface area (Å²) < 4.78 is 10.3. The molecule has 0 radical (unpaired) electrons. The summed E-state index contributed by atoms with van der Waals surface area (Å²) in [5, 5.41) is 17.6. The summed E-state index contributed by atoms with van der Waals surface area (Å²) in [5.41, 5.74) is 0.975. The highest BCUT2D eigenvalue weighted by Gasteiger charge is 2.05. The lowest BCUT2D eigenvalue weighted by atomic mass is 10.2. The van der Waals surface area contributed by atoms with E-state index in [4.69, 9.17) is 19.7 Å². The second-order valence-corrected chi connectivity index (χ2v) is 3.15. The number of hydrogen-bond donors (Lipinski definition) is 2. The first-order valence-corrected chi connectivity index (χ1v) is 4.76. The molecule has 0 unspecified atom stereocenters. The molecule has 0 heterocycles. The normalized spacial score (nSPS) is 10.7. The highest BCUT2D eigenvalue weighted by molar-refractivity contribution is 5.26. The summed E-state index contributed by atoms with van der Waals surface area (Å²) in [6.45, 7) is 0.0229. The second kappa shape index (κ2) is 6.40. The first kappa shape index (κ1) is 12.0. The molecule has 0 saturated heterocycles. The summed E-state index contributed by atoms with van der Waals surface area (Å²) in [6, 6.07) is 7.44. The predicted molar refractivity (Wildman–Crippen MR) is 55.7 cm³/mol. The Morgan fingerprint density at radius 2 is 1.73 bits per heavy atom. The van der Waals surface area contributed by atoms with Gasteiger partial charge in [-0.2, -0.15) is 0 Å². The van der Waals surface area contributed by atoms with Crippen molar-refractivity contribution in [2.24, 2.45) is 0 Å². The topological polar surface area (TPSA) is 58.9 Å². The van der Waals surface area contributed by atoms with E-state index in [2.05, 4.69) is 0 Å². The molecule has 4 heteroatoms. The molecule has 2 N–H and O–H groups in total. The van der Waals surface area contributed by atoms with Crippen molar-refractivity contribution < 1.29 is 19.7 Å². The van der Waals surface area contributed by atoms with Gasteiger partial charge in [-0.25, -0.2) is 0 Å². The number of aliphatic hydroxyl groups excluding tert-OH is 2. The molecule has 84 valence electrons. The van der Waals surface area contributed by atoms with Crippen LogP contribution in [0.5, 0.6) is 5.75 Å². The standard InChI is InChI=1S/C11H16O4/c1-14-10-4-2-9(3-5-10)8-15-11(6-12)7-13/h2-5,11-13H,6-8H2,1H3. The maximum absolute atomic E-state index is 8.78. The van der Waals surface area contributed by atoms with Crippen LogP contribution in [-0.4, -0.2) is 36.6 Å². The van der Waals surface area contributed by atoms with E-state index < -0.39 is 6.10 Å². The molecule has 4 nitrogen and oxygen atoms in total. The van der Waals surface area contributed by atoms with Crippen molar-refractivity contribution in [2.75, 3.05) is 20.3 Å². The number of hydrogen-bond acceptors (Lipinski definition) is 4. The molecule has 0 amide bonds. The van der Waals surface area contributed by atoms with Crippen molar-refractivity contribution in [3.63, 3.8) is 0 Å². The molecule has 0 bridgehead atoms. The molecular formula is C11H16O4. The fraction of sp³-hybridized carbons (Fsp3) is 0.455. The van der Waals surface area contributed by atoms with Gasteiger partial charge in [0.2, 0.25) is 0 Å². The fourth-order valence-corrected chi connectivity index (χ4v) is 1.10. The second-order valence-electron chi connectivity index (χ2n) is 3.15. The summed E-state index contributed by atoms with van der Waals surface area (Å²) in [6.07, 6.45) is -0.507. The van der Waals surface area contributed by atoms with Gasteiger partial charge in [-0.3, -0.25) is 0 Å². The van der Waals surface area contributed by atoms with Crippen LogP contribution in [0.2, 0.25) is 0 Å². The van der Waals surface area contributed by atoms with Crippen LogP contribution in [0.25, 0.3) is 0 Å². The Hall–Kier alpha value is -1.10. The maximum atomic E-state index is 8.78. The molecule has 1 aromatic carbocycles. The van der Waals surface area contributed by atoms with Crippen LogP contribution in [0.4, 0.5) is 0 Å². The Labute approximate surface area is 89.1 Å². The first-order chi connectivity index (χ1) is 7.30. The van der Waals surface area contributed by atoms with Gasteiger partial charge in [0.05, 0.1) is 26.9 Å². The number of methoxy groups -OCH3 is 1. The van der Waals surface area contributed by atoms with E-state index in [0.717, 1.165) is 11.3 Å². The highest BCUT2D eigenvalue weighted by Crippen LogP contribution is 2.12. The molecule has 1 aromatic rings. The zero-order valence-corrected chi connectivity index (χ0v) is 8.72. The first-order valence-electron chi connectivity index (χ1n) is 4.76. The molecular weight excluding hydrogens is 196 g/mol. The monoisotopic (exact) mass is 212 g/mol. The van der Waals surface area contributed by atoms with Crippen molar-refractivity contribution in [1.82, 2.24) is 0 Å². The summed E-state index contributed by atoms with van der Waals surface area (Å²) >= 11 is 0. The highest BCUT2D eigenvalue weighted by atomic mass is 16.5. The Balaban J connectivity index is 2.43. The van der Waals surface area contributed by atoms with Gasteiger partial charge in [0.15, 0.2) is 0 Å². The minimum absolute atomic E-state index is 0.174. The van der Waals surface area contributed by atoms with E-state index in [1.807, 2.05) is 24.3 Å². The van der Waals surface area contributed by atoms with Gasteiger partial charge in [0, 0.05) is 0 Å². The lowest BCUT2D eigenvalue weighted by molar-refractivity contribution is -0.0284. The van der Waals surface area contributed by atoms with Crippen molar-refractivity contribution in [3.05, 3.63) is 29.8 Å². The van der Waals surface area contributed by atoms with Crippen molar-refractivity contribution in [2.45, 2.75) is 12.7 Å². The molecule has 0 spiro atoms. The Morgan fingerprint density at radius 1 is 1.13 bits per heavy atom. The van der Waals surface area contributed by atoms with Gasteiger partial charge in [-0.1, -0.05) is 12.1 Å². The average molecular weight is 212 g/mol. The van der Waals surface area contributed by atoms with Crippen molar-refractivity contribution >= 4 is 0 Å². The quantitative estimate of drug-likeness (QED) is 0.723. The fourth-order valence-electron chi connectivity index (χ4n) is 1.10. The van der Waals surface area contributed by atoms with Crippen LogP contribution < -0.4 is 4.74 Å². The van der Waals surface area contributed by atoms with E-state index >= 15 is 0 Å². The van der Waals surface area contributed by atoms with Crippen LogP contribution in [0.15, 0.2) is 24.3 Å². The lowest BCUT2D eigenvalue weighted by Gasteiger charge is -2.12. The maximum Gasteiger partial charge on any atom is 0.118 e. The van der Waals surface area contributed by atoms with E-state index in [-0.39, 0.29) is 13.2 Å². The van der Waals surface area contributed by atoms with Crippen LogP contribution in [-0.2, 0) is 11.3 Å². The summed E-state index contributed by atoms with van der Waals surface area (Å²) in [7, 11) is 1.61. The van der Waals surface area contributed by atoms with E-state index in [0.29, 0.717) is 6.61 Å². The Morgan fingerprint density at radius 3 is 2.20 bits per heavy atom. The molecule has 0 aliphatic rings. The van der Waals surface area contributed by atoms with Gasteiger partial charge < -0.3 is 19.7 Å². The van der Waals surface area contributed by atoms with E-state index in [9.17, 15) is 0 Å². The van der Waals surface area contributed by atoms with Gasteiger partial charge in [0.25, 0.3) is 0 Å². The number of ether oxygens (including phenoxy) is 2. The van der Waals surface area contributed by atoms with Crippen LogP contribution >= 0.6 is 0 Å². The summed E-state index contributed by atoms with van der Waals surface area (Å²) in [5.74, 6) is 0.791. The molecule has 0 aliphatic carbocycles. The third kappa shape index (κ3) is 3.87. The van der Waals surface area contributed by atoms with Crippen LogP contribution in [0.1, 0.15) is 5.56 Å². The summed E-state index contributed by atoms with van der Waals surface area (Å²) in [4.78, 5) is 0. The minimum atomic E-state index is -0.507. The molecule has 0 saturated carbocycles. The predicted octanol–water partition coefficient (Wildman–Crippen LogP) is 0.565. The van der Waals surface area contributed by atoms with E-state index in [1.54, 1.807) is 7.11 Å². The zero-order valence-electron chi connectivity index (χ0n) is 8.72. The Kier molecular flexibility index (Phi) is 5.10. The number of rotatable bonds is 6. The molecule has 0 aromatic heterocycles. The number of aliphatic hydroxyl groups is 2. The lowest BCUT2D eigenvalue weighted by Crippen LogP contribution is -2.21. The average Bonchev–Trinajstić information content (AvgIpc) is 2.31. The van der Waals surface area contributed by atoms with Crippen LogP contribution in [0.3, 0.4) is 0 Å². The molecule has 1 rings (SSSR count). The minimum Gasteiger partial charge on any atom is -0.497 e. The van der Waals surface area contributed by atoms with Crippen molar-refractivity contribution in [3.8, 4) is 5.75 Å². The molecule has 0 aliphatic heterocycles. The Bertz CT molecular complexity index is 266. The third-order valence-electron chi connectivity index (χ3n) is 2.05. The van der Waals surface area contributed by atoms with Gasteiger partial charge in [-0.05, 0) is 17.7 Å². The molecule has 15 heavy (non-hydrogen) atoms. The number of benzene rings is 1. The largest absolute Gasteiger partial charge is 0.497 e. The van der Waals surface area contributed by atoms with Crippen molar-refractivity contribution in [1.29, 1.82) is 0 Å². The molecule has 0 atom stereocenters. The third-order valence-corrected chi connectivity index (χ3v) is 2.05. The smallest absolute Gasteiger partial charge is 0.118 e. The molecule has 0 fully saturated rings. The van der Waals surface area contributed by atoms with Crippen LogP contribution in [0, 0.1) is 0 Å².